The van der Waals surface area contributed by atoms with Gasteiger partial charge in [-0.05, 0) is 30.7 Å². The number of halogens is 2. The minimum absolute atomic E-state index is 0.345. The van der Waals surface area contributed by atoms with Crippen molar-refractivity contribution in [2.24, 2.45) is 0 Å². The van der Waals surface area contributed by atoms with E-state index >= 15 is 0 Å². The predicted molar refractivity (Wildman–Crippen MR) is 112 cm³/mol. The molecule has 0 saturated carbocycles. The third-order valence-electron chi connectivity index (χ3n) is 4.32. The maximum absolute atomic E-state index is 6.45. The van der Waals surface area contributed by atoms with Gasteiger partial charge < -0.3 is 19.4 Å². The minimum atomic E-state index is 0.345. The van der Waals surface area contributed by atoms with Crippen molar-refractivity contribution in [3.05, 3.63) is 76.3 Å². The average molecular weight is 420 g/mol. The van der Waals surface area contributed by atoms with Crippen molar-refractivity contribution >= 4 is 23.2 Å². The molecule has 0 radical (unpaired) electrons. The quantitative estimate of drug-likeness (QED) is 0.471. The van der Waals surface area contributed by atoms with Gasteiger partial charge in [0.05, 0.1) is 13.4 Å². The van der Waals surface area contributed by atoms with E-state index in [1.165, 1.54) is 0 Å². The van der Waals surface area contributed by atoms with E-state index < -0.39 is 0 Å². The molecule has 1 N–H and O–H groups in total. The van der Waals surface area contributed by atoms with Crippen LogP contribution in [0.4, 0.5) is 0 Å². The van der Waals surface area contributed by atoms with Gasteiger partial charge in [0.15, 0.2) is 11.5 Å². The molecule has 0 amide bonds. The molecule has 5 nitrogen and oxygen atoms in total. The van der Waals surface area contributed by atoms with Gasteiger partial charge in [-0.1, -0.05) is 41.4 Å². The van der Waals surface area contributed by atoms with Gasteiger partial charge >= 0.3 is 0 Å². The van der Waals surface area contributed by atoms with E-state index in [0.717, 1.165) is 30.6 Å². The lowest BCUT2D eigenvalue weighted by Gasteiger charge is -2.15. The van der Waals surface area contributed by atoms with Crippen LogP contribution in [0.3, 0.4) is 0 Å². The Morgan fingerprint density at radius 2 is 1.93 bits per heavy atom. The number of methoxy groups -OCH3 is 1. The zero-order valence-corrected chi connectivity index (χ0v) is 17.2. The van der Waals surface area contributed by atoms with Gasteiger partial charge in [-0.3, -0.25) is 0 Å². The van der Waals surface area contributed by atoms with Crippen LogP contribution in [0, 0.1) is 0 Å². The Morgan fingerprint density at radius 1 is 1.07 bits per heavy atom. The van der Waals surface area contributed by atoms with Crippen molar-refractivity contribution < 1.29 is 9.47 Å². The van der Waals surface area contributed by atoms with E-state index in [-0.39, 0.29) is 0 Å². The predicted octanol–water partition coefficient (Wildman–Crippen LogP) is 4.96. The normalized spacial score (nSPS) is 10.8. The van der Waals surface area contributed by atoms with Gasteiger partial charge in [0.2, 0.25) is 0 Å². The average Bonchev–Trinajstić information content (AvgIpc) is 3.22. The number of hydrogen-bond donors (Lipinski definition) is 1. The van der Waals surface area contributed by atoms with Gasteiger partial charge in [0.1, 0.15) is 6.61 Å². The summed E-state index contributed by atoms with van der Waals surface area (Å²) in [5.41, 5.74) is 1.87. The van der Waals surface area contributed by atoms with E-state index in [1.807, 2.05) is 42.9 Å². The van der Waals surface area contributed by atoms with Crippen LogP contribution in [-0.2, 0) is 19.7 Å². The minimum Gasteiger partial charge on any atom is -0.493 e. The summed E-state index contributed by atoms with van der Waals surface area (Å²) in [5.74, 6) is 1.24. The fraction of sp³-hybridized carbons (Fsp3) is 0.286. The maximum atomic E-state index is 6.45. The molecule has 0 spiro atoms. The van der Waals surface area contributed by atoms with Crippen molar-refractivity contribution in [2.45, 2.75) is 26.1 Å². The molecule has 1 heterocycles. The molecule has 0 aliphatic carbocycles. The van der Waals surface area contributed by atoms with Gasteiger partial charge in [-0.15, -0.1) is 0 Å². The number of benzene rings is 2. The number of aryl methyl sites for hydroxylation is 1. The van der Waals surface area contributed by atoms with Gasteiger partial charge in [0.25, 0.3) is 0 Å². The molecule has 0 saturated heterocycles. The van der Waals surface area contributed by atoms with E-state index in [2.05, 4.69) is 14.9 Å². The number of imidazole rings is 1. The smallest absolute Gasteiger partial charge is 0.163 e. The number of hydrogen-bond acceptors (Lipinski definition) is 4. The molecule has 3 aromatic rings. The molecule has 1 aromatic heterocycles. The molecule has 148 valence electrons. The second kappa shape index (κ2) is 10.4. The molecule has 2 aromatic carbocycles. The molecule has 7 heteroatoms. The van der Waals surface area contributed by atoms with E-state index in [0.29, 0.717) is 34.7 Å². The van der Waals surface area contributed by atoms with Crippen LogP contribution in [0.2, 0.25) is 10.0 Å². The SMILES string of the molecule is COc1cc(CNCCCn2ccnc2)c(Cl)cc1OCc1ccccc1Cl. The highest BCUT2D eigenvalue weighted by Crippen LogP contribution is 2.34. The summed E-state index contributed by atoms with van der Waals surface area (Å²) in [6.45, 7) is 2.81. The first-order chi connectivity index (χ1) is 13.7. The van der Waals surface area contributed by atoms with Gasteiger partial charge in [0, 0.05) is 47.2 Å². The highest BCUT2D eigenvalue weighted by atomic mass is 35.5. The molecular formula is C21H23Cl2N3O2. The van der Waals surface area contributed by atoms with Crippen molar-refractivity contribution in [1.29, 1.82) is 0 Å². The number of ether oxygens (including phenoxy) is 2. The summed E-state index contributed by atoms with van der Waals surface area (Å²) >= 11 is 12.6. The molecule has 0 unspecified atom stereocenters. The number of aromatic nitrogens is 2. The molecular weight excluding hydrogens is 397 g/mol. The lowest BCUT2D eigenvalue weighted by Crippen LogP contribution is -2.16. The Balaban J connectivity index is 1.55. The van der Waals surface area contributed by atoms with Crippen molar-refractivity contribution in [3.63, 3.8) is 0 Å². The summed E-state index contributed by atoms with van der Waals surface area (Å²) in [5, 5.41) is 4.72. The third kappa shape index (κ3) is 5.64. The van der Waals surface area contributed by atoms with Crippen LogP contribution in [-0.4, -0.2) is 23.2 Å². The van der Waals surface area contributed by atoms with Gasteiger partial charge in [-0.25, -0.2) is 4.98 Å². The molecule has 3 rings (SSSR count). The van der Waals surface area contributed by atoms with E-state index in [4.69, 9.17) is 32.7 Å². The molecule has 28 heavy (non-hydrogen) atoms. The largest absolute Gasteiger partial charge is 0.493 e. The molecule has 0 aliphatic heterocycles. The van der Waals surface area contributed by atoms with Crippen LogP contribution in [0.25, 0.3) is 0 Å². The summed E-state index contributed by atoms with van der Waals surface area (Å²) in [7, 11) is 1.62. The highest BCUT2D eigenvalue weighted by molar-refractivity contribution is 6.31. The molecule has 0 atom stereocenters. The van der Waals surface area contributed by atoms with Crippen LogP contribution in [0.1, 0.15) is 17.5 Å². The summed E-state index contributed by atoms with van der Waals surface area (Å²) in [6.07, 6.45) is 6.57. The summed E-state index contributed by atoms with van der Waals surface area (Å²) < 4.78 is 13.4. The fourth-order valence-electron chi connectivity index (χ4n) is 2.78. The lowest BCUT2D eigenvalue weighted by molar-refractivity contribution is 0.284. The topological polar surface area (TPSA) is 48.3 Å². The summed E-state index contributed by atoms with van der Waals surface area (Å²) in [4.78, 5) is 4.04. The maximum Gasteiger partial charge on any atom is 0.163 e. The Kier molecular flexibility index (Phi) is 7.60. The first-order valence-corrected chi connectivity index (χ1v) is 9.82. The molecule has 0 fully saturated rings. The Bertz CT molecular complexity index is 885. The molecule has 0 aliphatic rings. The first kappa shape index (κ1) is 20.5. The zero-order chi connectivity index (χ0) is 19.8. The first-order valence-electron chi connectivity index (χ1n) is 9.06. The van der Waals surface area contributed by atoms with Crippen LogP contribution in [0.5, 0.6) is 11.5 Å². The fourth-order valence-corrected chi connectivity index (χ4v) is 3.20. The van der Waals surface area contributed by atoms with E-state index in [9.17, 15) is 0 Å². The Hall–Kier alpha value is -2.21. The van der Waals surface area contributed by atoms with Crippen molar-refractivity contribution in [3.8, 4) is 11.5 Å². The monoisotopic (exact) mass is 419 g/mol. The lowest BCUT2D eigenvalue weighted by atomic mass is 10.2. The van der Waals surface area contributed by atoms with Gasteiger partial charge in [-0.2, -0.15) is 0 Å². The zero-order valence-electron chi connectivity index (χ0n) is 15.7. The number of nitrogens with zero attached hydrogens (tertiary/aromatic N) is 2. The third-order valence-corrected chi connectivity index (χ3v) is 5.04. The summed E-state index contributed by atoms with van der Waals surface area (Å²) in [6, 6.07) is 11.3. The molecule has 0 bridgehead atoms. The second-order valence-corrected chi connectivity index (χ2v) is 7.12. The van der Waals surface area contributed by atoms with Crippen LogP contribution < -0.4 is 14.8 Å². The van der Waals surface area contributed by atoms with Crippen molar-refractivity contribution in [1.82, 2.24) is 14.9 Å². The second-order valence-electron chi connectivity index (χ2n) is 6.31. The van der Waals surface area contributed by atoms with Crippen LogP contribution >= 0.6 is 23.2 Å². The highest BCUT2D eigenvalue weighted by Gasteiger charge is 2.11. The van der Waals surface area contributed by atoms with Crippen LogP contribution in [0.15, 0.2) is 55.1 Å². The number of rotatable bonds is 10. The number of nitrogens with one attached hydrogen (secondary N) is 1. The Labute approximate surface area is 175 Å². The standard InChI is InChI=1S/C21H23Cl2N3O2/c1-27-20-11-17(13-24-7-4-9-26-10-8-25-15-26)19(23)12-21(20)28-14-16-5-2-3-6-18(16)22/h2-3,5-6,8,10-12,15,24H,4,7,9,13-14H2,1H3. The van der Waals surface area contributed by atoms with E-state index in [1.54, 1.807) is 19.4 Å². The van der Waals surface area contributed by atoms with Crippen molar-refractivity contribution in [2.75, 3.05) is 13.7 Å². The Morgan fingerprint density at radius 3 is 2.68 bits per heavy atom.